The van der Waals surface area contributed by atoms with Gasteiger partial charge in [0.25, 0.3) is 16.0 Å². The molecule has 25 heteroatoms. The van der Waals surface area contributed by atoms with Crippen LogP contribution in [0.15, 0.2) is 59.7 Å². The highest BCUT2D eigenvalue weighted by Crippen LogP contribution is 2.53. The lowest BCUT2D eigenvalue weighted by atomic mass is 9.78. The number of nitrogens with one attached hydrogen (secondary N) is 1. The summed E-state index contributed by atoms with van der Waals surface area (Å²) < 4.78 is 120. The lowest BCUT2D eigenvalue weighted by Gasteiger charge is -2.47. The first-order valence-electron chi connectivity index (χ1n) is 30.2. The van der Waals surface area contributed by atoms with E-state index in [4.69, 9.17) is 47.5 Å². The Bertz CT molecular complexity index is 3550. The molecule has 6 heterocycles. The van der Waals surface area contributed by atoms with E-state index in [1.807, 2.05) is 12.1 Å². The number of sulfonamides is 1. The number of rotatable bonds is 35. The molecule has 9 rings (SSSR count). The first-order chi connectivity index (χ1) is 42.1. The fourth-order valence-corrected chi connectivity index (χ4v) is 13.9. The number of amides is 1. The SMILES string of the molecule is C=C1CCC(=O)N1OC(=O)CCOCCOCCOCCOCCOCCOCCOCCOCCNS(=O)(=O)CC1=CC(C)(C)N2CCCc3c4c(cc1c32)C(c1ccc(S(=O)(=O)O)cc1C(=O)O)=c1cc2c3c(c1O4)CCC[N+]=3C(C)(C)C=C2CC. The highest BCUT2D eigenvalue weighted by molar-refractivity contribution is 7.89. The molecule has 0 saturated carbocycles. The largest absolute Gasteiger partial charge is 0.478 e. The van der Waals surface area contributed by atoms with E-state index in [0.717, 1.165) is 70.2 Å². The third-order valence-electron chi connectivity index (χ3n) is 16.2. The third-order valence-corrected chi connectivity index (χ3v) is 18.4. The number of hydrogen-bond acceptors (Lipinski definition) is 18. The van der Waals surface area contributed by atoms with Gasteiger partial charge >= 0.3 is 11.9 Å². The molecule has 6 aliphatic heterocycles. The van der Waals surface area contributed by atoms with Gasteiger partial charge in [0.15, 0.2) is 5.54 Å². The summed E-state index contributed by atoms with van der Waals surface area (Å²) in [7, 11) is -8.73. The quantitative estimate of drug-likeness (QED) is 0.0311. The zero-order valence-electron chi connectivity index (χ0n) is 51.0. The van der Waals surface area contributed by atoms with Crippen LogP contribution in [-0.4, -0.2) is 192 Å². The maximum Gasteiger partial charge on any atom is 0.336 e. The van der Waals surface area contributed by atoms with Crippen molar-refractivity contribution in [1.82, 2.24) is 14.4 Å². The van der Waals surface area contributed by atoms with Gasteiger partial charge in [-0.05, 0) is 93.0 Å². The van der Waals surface area contributed by atoms with Crippen LogP contribution < -0.4 is 29.5 Å². The second-order valence-electron chi connectivity index (χ2n) is 23.3. The van der Waals surface area contributed by atoms with Crippen molar-refractivity contribution >= 4 is 60.4 Å². The molecule has 1 saturated heterocycles. The van der Waals surface area contributed by atoms with Crippen LogP contribution in [0.1, 0.15) is 117 Å². The maximum absolute atomic E-state index is 14.1. The molecule has 0 aromatic heterocycles. The fraction of sp³-hybridized carbons (Fsp3) is 0.556. The highest BCUT2D eigenvalue weighted by Gasteiger charge is 2.44. The van der Waals surface area contributed by atoms with Crippen molar-refractivity contribution in [3.05, 3.63) is 104 Å². The molecule has 1 amide bonds. The average Bonchev–Trinajstić information content (AvgIpc) is 0.823. The number of carbonyl (C=O) groups is 3. The van der Waals surface area contributed by atoms with Crippen molar-refractivity contribution in [3.8, 4) is 11.5 Å². The van der Waals surface area contributed by atoms with Crippen LogP contribution in [0.5, 0.6) is 11.5 Å². The molecule has 0 unspecified atom stereocenters. The number of anilines is 1. The number of ether oxygens (including phenoxy) is 9. The summed E-state index contributed by atoms with van der Waals surface area (Å²) in [6.45, 7) is 21.2. The van der Waals surface area contributed by atoms with Gasteiger partial charge in [-0.15, -0.1) is 5.06 Å². The Labute approximate surface area is 514 Å². The van der Waals surface area contributed by atoms with E-state index in [2.05, 4.69) is 67.5 Å². The van der Waals surface area contributed by atoms with Crippen LogP contribution in [0.4, 0.5) is 5.69 Å². The molecule has 3 aromatic rings. The molecule has 0 bridgehead atoms. The van der Waals surface area contributed by atoms with Gasteiger partial charge in [0.1, 0.15) is 18.0 Å². The van der Waals surface area contributed by atoms with Crippen LogP contribution in [0.2, 0.25) is 0 Å². The zero-order valence-corrected chi connectivity index (χ0v) is 52.7. The summed E-state index contributed by atoms with van der Waals surface area (Å²) in [5, 5.41) is 13.5. The number of nitrogens with zero attached hydrogens (tertiary/aromatic N) is 3. The van der Waals surface area contributed by atoms with Crippen molar-refractivity contribution < 1.29 is 88.3 Å². The normalized spacial score (nSPS) is 17.2. The Morgan fingerprint density at radius 2 is 1.28 bits per heavy atom. The monoisotopic (exact) mass is 1260 g/mol. The highest BCUT2D eigenvalue weighted by atomic mass is 32.2. The smallest absolute Gasteiger partial charge is 0.336 e. The Morgan fingerprint density at radius 1 is 0.693 bits per heavy atom. The van der Waals surface area contributed by atoms with Gasteiger partial charge in [-0.3, -0.25) is 9.35 Å². The van der Waals surface area contributed by atoms with Gasteiger partial charge in [-0.1, -0.05) is 25.6 Å². The molecule has 1 fully saturated rings. The lowest BCUT2D eigenvalue weighted by Crippen LogP contribution is -2.53. The molecule has 0 atom stereocenters. The van der Waals surface area contributed by atoms with Crippen molar-refractivity contribution in [3.63, 3.8) is 0 Å². The van der Waals surface area contributed by atoms with Crippen molar-refractivity contribution in [2.75, 3.05) is 136 Å². The van der Waals surface area contributed by atoms with Crippen molar-refractivity contribution in [2.24, 2.45) is 0 Å². The molecular formula is C63H83N4O19S2+. The van der Waals surface area contributed by atoms with E-state index < -0.39 is 42.5 Å². The van der Waals surface area contributed by atoms with Gasteiger partial charge in [-0.2, -0.15) is 8.42 Å². The molecule has 0 radical (unpaired) electrons. The summed E-state index contributed by atoms with van der Waals surface area (Å²) in [5.74, 6) is -1.42. The number of fused-ring (bicyclic) bond motifs is 4. The first-order valence-corrected chi connectivity index (χ1v) is 33.3. The Morgan fingerprint density at radius 3 is 1.85 bits per heavy atom. The van der Waals surface area contributed by atoms with Crippen LogP contribution >= 0.6 is 0 Å². The van der Waals surface area contributed by atoms with Crippen molar-refractivity contribution in [2.45, 2.75) is 102 Å². The predicted molar refractivity (Wildman–Crippen MR) is 326 cm³/mol. The van der Waals surface area contributed by atoms with Gasteiger partial charge in [0.2, 0.25) is 15.4 Å². The molecule has 3 N–H and O–H groups in total. The van der Waals surface area contributed by atoms with Crippen LogP contribution in [0, 0.1) is 0 Å². The number of allylic oxidation sites excluding steroid dienone is 2. The molecule has 23 nitrogen and oxygen atoms in total. The number of carbonyl (C=O) groups excluding carboxylic acids is 2. The fourth-order valence-electron chi connectivity index (χ4n) is 12.2. The summed E-state index contributed by atoms with van der Waals surface area (Å²) in [5.41, 5.74) is 6.69. The third kappa shape index (κ3) is 15.8. The summed E-state index contributed by atoms with van der Waals surface area (Å²) in [4.78, 5) is 43.6. The summed E-state index contributed by atoms with van der Waals surface area (Å²) >= 11 is 0. The van der Waals surface area contributed by atoms with Crippen LogP contribution in [0.3, 0.4) is 0 Å². The number of carboxylic acid groups (broad SMARTS) is 1. The molecule has 88 heavy (non-hydrogen) atoms. The Hall–Kier alpha value is -5.94. The molecule has 0 aliphatic carbocycles. The molecular weight excluding hydrogens is 1180 g/mol. The van der Waals surface area contributed by atoms with Gasteiger partial charge in [-0.25, -0.2) is 27.3 Å². The van der Waals surface area contributed by atoms with Gasteiger partial charge < -0.3 is 57.5 Å². The predicted octanol–water partition coefficient (Wildman–Crippen LogP) is 4.97. The molecule has 480 valence electrons. The lowest BCUT2D eigenvalue weighted by molar-refractivity contribution is -0.187. The summed E-state index contributed by atoms with van der Waals surface area (Å²) in [6, 6.07) is 7.61. The number of hydrogen-bond donors (Lipinski definition) is 3. The number of benzene rings is 3. The zero-order chi connectivity index (χ0) is 62.8. The minimum atomic E-state index is -4.78. The van der Waals surface area contributed by atoms with E-state index >= 15 is 0 Å². The van der Waals surface area contributed by atoms with E-state index in [1.54, 1.807) is 0 Å². The summed E-state index contributed by atoms with van der Waals surface area (Å²) in [6.07, 6.45) is 8.74. The second kappa shape index (κ2) is 29.3. The second-order valence-corrected chi connectivity index (χ2v) is 26.5. The molecule has 0 spiro atoms. The topological polar surface area (TPSA) is 274 Å². The Kier molecular flexibility index (Phi) is 22.2. The van der Waals surface area contributed by atoms with E-state index in [9.17, 15) is 40.9 Å². The van der Waals surface area contributed by atoms with Gasteiger partial charge in [0.05, 0.1) is 156 Å². The number of aromatic carboxylic acids is 1. The van der Waals surface area contributed by atoms with Crippen LogP contribution in [0.25, 0.3) is 16.7 Å². The van der Waals surface area contributed by atoms with Crippen LogP contribution in [-0.2, 0) is 85.3 Å². The average molecular weight is 1260 g/mol. The number of carboxylic acids is 1. The van der Waals surface area contributed by atoms with E-state index in [1.165, 1.54) is 12.1 Å². The maximum atomic E-state index is 14.1. The van der Waals surface area contributed by atoms with E-state index in [0.29, 0.717) is 150 Å². The molecule has 6 aliphatic rings. The van der Waals surface area contributed by atoms with Gasteiger partial charge in [0, 0.05) is 67.3 Å². The first kappa shape index (κ1) is 66.5. The van der Waals surface area contributed by atoms with Crippen molar-refractivity contribution in [1.29, 1.82) is 0 Å². The molecule has 3 aromatic carbocycles. The van der Waals surface area contributed by atoms with E-state index in [-0.39, 0.29) is 74.1 Å². The minimum Gasteiger partial charge on any atom is -0.478 e. The number of hydroxylamine groups is 2. The standard InChI is InChI=1S/C63H82N4O19S2/c1-7-43-39-62(3,4)65-18-8-10-47-57(65)49(43)37-52-56(46-14-13-45(88(74,75)76)36-51(46)61(70)71)53-38-50-44(40-63(5,6)66-19-9-11-48(58(50)66)60(53)85-59(47)52)41-87(72,73)64-17-21-78-23-25-80-27-29-82-31-33-84-35-34-83-32-30-81-28-26-79-24-22-77-20-16-55(69)86-67-42(2)12-15-54(67)68/h13-14,36-40,64H,2,7-12,15-35,41H2,1,3-6H3,(H-,70,71,74,75,76)/p+1. The Balaban J connectivity index is 0.720. The minimum absolute atomic E-state index is 0.00757.